The molecule has 0 fully saturated rings. The molecule has 0 saturated heterocycles. The van der Waals surface area contributed by atoms with Gasteiger partial charge in [0.15, 0.2) is 5.78 Å². The Labute approximate surface area is 110 Å². The molecular formula is C16H12FNO. The van der Waals surface area contributed by atoms with Crippen molar-refractivity contribution in [3.8, 4) is 0 Å². The zero-order valence-electron chi connectivity index (χ0n) is 10.5. The molecule has 1 atom stereocenters. The van der Waals surface area contributed by atoms with Crippen LogP contribution in [-0.4, -0.2) is 11.3 Å². The Morgan fingerprint density at radius 2 is 1.95 bits per heavy atom. The van der Waals surface area contributed by atoms with E-state index in [0.29, 0.717) is 17.7 Å². The third-order valence-electron chi connectivity index (χ3n) is 4.20. The van der Waals surface area contributed by atoms with Crippen molar-refractivity contribution in [2.75, 3.05) is 4.90 Å². The molecule has 2 nitrogen and oxygen atoms in total. The van der Waals surface area contributed by atoms with Gasteiger partial charge < -0.3 is 4.90 Å². The van der Waals surface area contributed by atoms with Crippen LogP contribution in [0, 0.1) is 5.82 Å². The monoisotopic (exact) mass is 253 g/mol. The van der Waals surface area contributed by atoms with Gasteiger partial charge in [-0.15, -0.1) is 0 Å². The SMILES string of the molecule is CC12Cc3cccc(F)c3N1c1ccccc1C2=O. The van der Waals surface area contributed by atoms with Gasteiger partial charge in [0, 0.05) is 12.0 Å². The predicted molar refractivity (Wildman–Crippen MR) is 71.4 cm³/mol. The molecule has 0 bridgehead atoms. The zero-order valence-corrected chi connectivity index (χ0v) is 10.5. The molecule has 2 aromatic carbocycles. The van der Waals surface area contributed by atoms with Crippen LogP contribution >= 0.6 is 0 Å². The average molecular weight is 253 g/mol. The number of para-hydroxylation sites is 2. The number of carbonyl (C=O) groups excluding carboxylic acids is 1. The lowest BCUT2D eigenvalue weighted by Crippen LogP contribution is -2.42. The lowest BCUT2D eigenvalue weighted by atomic mass is 9.91. The molecule has 0 amide bonds. The van der Waals surface area contributed by atoms with Crippen LogP contribution in [0.25, 0.3) is 0 Å². The van der Waals surface area contributed by atoms with E-state index in [9.17, 15) is 9.18 Å². The van der Waals surface area contributed by atoms with E-state index in [1.807, 2.05) is 42.2 Å². The molecule has 2 aromatic rings. The van der Waals surface area contributed by atoms with E-state index < -0.39 is 5.54 Å². The van der Waals surface area contributed by atoms with Gasteiger partial charge in [0.25, 0.3) is 0 Å². The molecule has 19 heavy (non-hydrogen) atoms. The molecule has 0 aliphatic carbocycles. The number of fused-ring (bicyclic) bond motifs is 5. The van der Waals surface area contributed by atoms with Crippen LogP contribution in [0.1, 0.15) is 22.8 Å². The summed E-state index contributed by atoms with van der Waals surface area (Å²) < 4.78 is 14.2. The third kappa shape index (κ3) is 1.13. The lowest BCUT2D eigenvalue weighted by Gasteiger charge is -2.28. The average Bonchev–Trinajstić information content (AvgIpc) is 2.82. The number of halogens is 1. The number of Topliss-reactive ketones (excluding diaryl/α,β-unsaturated/α-hetero) is 1. The van der Waals surface area contributed by atoms with Crippen molar-refractivity contribution in [2.24, 2.45) is 0 Å². The summed E-state index contributed by atoms with van der Waals surface area (Å²) in [6.45, 7) is 1.90. The molecule has 2 aliphatic rings. The lowest BCUT2D eigenvalue weighted by molar-refractivity contribution is 0.0923. The van der Waals surface area contributed by atoms with Gasteiger partial charge in [-0.25, -0.2) is 4.39 Å². The van der Waals surface area contributed by atoms with Gasteiger partial charge in [-0.2, -0.15) is 0 Å². The first kappa shape index (κ1) is 10.7. The Morgan fingerprint density at radius 1 is 1.16 bits per heavy atom. The Hall–Kier alpha value is -2.16. The standard InChI is InChI=1S/C16H12FNO/c1-16-9-10-5-4-7-12(17)14(10)18(16)13-8-3-2-6-11(13)15(16)19/h2-8H,9H2,1H3. The second-order valence-corrected chi connectivity index (χ2v) is 5.38. The Kier molecular flexibility index (Phi) is 1.83. The van der Waals surface area contributed by atoms with Crippen molar-refractivity contribution < 1.29 is 9.18 Å². The summed E-state index contributed by atoms with van der Waals surface area (Å²) in [6.07, 6.45) is 0.563. The van der Waals surface area contributed by atoms with Gasteiger partial charge in [0.2, 0.25) is 0 Å². The van der Waals surface area contributed by atoms with Crippen LogP contribution in [0.2, 0.25) is 0 Å². The topological polar surface area (TPSA) is 20.3 Å². The number of hydrogen-bond donors (Lipinski definition) is 0. The second-order valence-electron chi connectivity index (χ2n) is 5.38. The fourth-order valence-electron chi connectivity index (χ4n) is 3.37. The maximum absolute atomic E-state index is 14.2. The third-order valence-corrected chi connectivity index (χ3v) is 4.20. The molecule has 94 valence electrons. The molecule has 2 aliphatic heterocycles. The number of rotatable bonds is 0. The molecule has 1 unspecified atom stereocenters. The number of hydrogen-bond acceptors (Lipinski definition) is 2. The number of carbonyl (C=O) groups is 1. The van der Waals surface area contributed by atoms with E-state index in [0.717, 1.165) is 11.3 Å². The van der Waals surface area contributed by atoms with E-state index in [1.165, 1.54) is 6.07 Å². The minimum atomic E-state index is -0.672. The van der Waals surface area contributed by atoms with Crippen LogP contribution in [-0.2, 0) is 6.42 Å². The van der Waals surface area contributed by atoms with Crippen molar-refractivity contribution in [3.63, 3.8) is 0 Å². The van der Waals surface area contributed by atoms with E-state index >= 15 is 0 Å². The molecule has 4 rings (SSSR count). The molecule has 0 radical (unpaired) electrons. The quantitative estimate of drug-likeness (QED) is 0.716. The van der Waals surface area contributed by atoms with Crippen molar-refractivity contribution >= 4 is 17.2 Å². The Balaban J connectivity index is 2.06. The smallest absolute Gasteiger partial charge is 0.190 e. The van der Waals surface area contributed by atoms with Crippen LogP contribution < -0.4 is 4.90 Å². The van der Waals surface area contributed by atoms with Crippen molar-refractivity contribution in [2.45, 2.75) is 18.9 Å². The molecule has 0 N–H and O–H groups in total. The molecule has 0 spiro atoms. The summed E-state index contributed by atoms with van der Waals surface area (Å²) in [6, 6.07) is 12.5. The van der Waals surface area contributed by atoms with E-state index in [1.54, 1.807) is 6.07 Å². The minimum Gasteiger partial charge on any atom is -0.324 e. The predicted octanol–water partition coefficient (Wildman–Crippen LogP) is 3.47. The second kappa shape index (κ2) is 3.23. The minimum absolute atomic E-state index is 0.0821. The fraction of sp³-hybridized carbons (Fsp3) is 0.188. The highest BCUT2D eigenvalue weighted by Crippen LogP contribution is 2.52. The molecule has 0 saturated carbocycles. The first-order valence-electron chi connectivity index (χ1n) is 6.34. The van der Waals surface area contributed by atoms with Crippen LogP contribution in [0.5, 0.6) is 0 Å². The van der Waals surface area contributed by atoms with Gasteiger partial charge in [-0.1, -0.05) is 24.3 Å². The highest BCUT2D eigenvalue weighted by molar-refractivity contribution is 6.17. The van der Waals surface area contributed by atoms with Gasteiger partial charge in [-0.05, 0) is 30.7 Å². The van der Waals surface area contributed by atoms with Crippen molar-refractivity contribution in [3.05, 3.63) is 59.4 Å². The largest absolute Gasteiger partial charge is 0.324 e. The summed E-state index contributed by atoms with van der Waals surface area (Å²) >= 11 is 0. The summed E-state index contributed by atoms with van der Waals surface area (Å²) in [5.74, 6) is -0.176. The van der Waals surface area contributed by atoms with E-state index in [4.69, 9.17) is 0 Å². The van der Waals surface area contributed by atoms with Crippen LogP contribution in [0.3, 0.4) is 0 Å². The van der Waals surface area contributed by atoms with Gasteiger partial charge in [0.05, 0.1) is 11.4 Å². The maximum atomic E-state index is 14.2. The molecule has 3 heteroatoms. The van der Waals surface area contributed by atoms with Gasteiger partial charge in [-0.3, -0.25) is 4.79 Å². The first-order valence-corrected chi connectivity index (χ1v) is 6.34. The number of ketones is 1. The van der Waals surface area contributed by atoms with Gasteiger partial charge in [0.1, 0.15) is 11.4 Å². The molecule has 0 aromatic heterocycles. The number of anilines is 2. The molecule has 2 heterocycles. The first-order chi connectivity index (χ1) is 9.13. The number of nitrogens with zero attached hydrogens (tertiary/aromatic N) is 1. The highest BCUT2D eigenvalue weighted by Gasteiger charge is 2.53. The zero-order chi connectivity index (χ0) is 13.2. The van der Waals surface area contributed by atoms with Crippen molar-refractivity contribution in [1.29, 1.82) is 0 Å². The summed E-state index contributed by atoms with van der Waals surface area (Å²) in [4.78, 5) is 14.5. The van der Waals surface area contributed by atoms with Crippen LogP contribution in [0.4, 0.5) is 15.8 Å². The van der Waals surface area contributed by atoms with E-state index in [2.05, 4.69) is 0 Å². The summed E-state index contributed by atoms with van der Waals surface area (Å²) in [5.41, 5.74) is 2.31. The maximum Gasteiger partial charge on any atom is 0.190 e. The van der Waals surface area contributed by atoms with Crippen molar-refractivity contribution in [1.82, 2.24) is 0 Å². The fourth-order valence-corrected chi connectivity index (χ4v) is 3.37. The Bertz CT molecular complexity index is 724. The summed E-state index contributed by atoms with van der Waals surface area (Å²) in [7, 11) is 0. The summed E-state index contributed by atoms with van der Waals surface area (Å²) in [5, 5.41) is 0. The highest BCUT2D eigenvalue weighted by atomic mass is 19.1. The number of benzene rings is 2. The van der Waals surface area contributed by atoms with Crippen LogP contribution in [0.15, 0.2) is 42.5 Å². The molecular weight excluding hydrogens is 241 g/mol. The van der Waals surface area contributed by atoms with Gasteiger partial charge >= 0.3 is 0 Å². The normalized spacial score (nSPS) is 23.3. The van der Waals surface area contributed by atoms with E-state index in [-0.39, 0.29) is 11.6 Å². The Morgan fingerprint density at radius 3 is 2.79 bits per heavy atom.